The molecule has 8 nitrogen and oxygen atoms in total. The Labute approximate surface area is 241 Å². The zero-order valence-corrected chi connectivity index (χ0v) is 23.9. The van der Waals surface area contributed by atoms with Crippen molar-refractivity contribution in [2.45, 2.75) is 45.6 Å². The molecule has 3 aromatic carbocycles. The third kappa shape index (κ3) is 6.95. The smallest absolute Gasteiger partial charge is 0.329 e. The van der Waals surface area contributed by atoms with Gasteiger partial charge in [0.05, 0.1) is 13.7 Å². The van der Waals surface area contributed by atoms with E-state index in [0.717, 1.165) is 16.7 Å². The Bertz CT molecular complexity index is 1390. The van der Waals surface area contributed by atoms with Crippen molar-refractivity contribution in [2.75, 3.05) is 20.8 Å². The first kappa shape index (κ1) is 29.4. The lowest BCUT2D eigenvalue weighted by molar-refractivity contribution is -0.159. The van der Waals surface area contributed by atoms with E-state index in [-0.39, 0.29) is 25.5 Å². The van der Waals surface area contributed by atoms with E-state index in [2.05, 4.69) is 4.99 Å². The average molecular weight is 557 g/mol. The van der Waals surface area contributed by atoms with E-state index in [0.29, 0.717) is 29.6 Å². The van der Waals surface area contributed by atoms with Gasteiger partial charge in [-0.2, -0.15) is 0 Å². The van der Waals surface area contributed by atoms with Gasteiger partial charge in [0.2, 0.25) is 12.0 Å². The standard InChI is InChI=1S/C33H36N2O6/c1-5-13-29(34-3)41-30(24-16-11-8-12-17-24)32(36)35-21-25-18-19-28(38-4)31(40-22-23-14-9-7-10-15-23)26(25)20-27(35)33(37)39-6-2/h5,7-19,27,30H,6,20-22H2,1-4H3/b13-5-,34-29?/t27-,30-/m0/s1. The van der Waals surface area contributed by atoms with Gasteiger partial charge in [0.1, 0.15) is 12.6 Å². The summed E-state index contributed by atoms with van der Waals surface area (Å²) in [5.74, 6) is 0.560. The first-order valence-corrected chi connectivity index (χ1v) is 13.6. The van der Waals surface area contributed by atoms with Gasteiger partial charge >= 0.3 is 5.97 Å². The number of benzene rings is 3. The number of carbonyl (C=O) groups is 2. The molecule has 4 rings (SSSR count). The SMILES string of the molecule is C/C=C\C(=NC)O[C@H](C(=O)N1Cc2ccc(OC)c(OCc3ccccc3)c2C[C@H]1C(=O)OCC)c1ccccc1. The second-order valence-corrected chi connectivity index (χ2v) is 9.42. The fraction of sp³-hybridized carbons (Fsp3) is 0.303. The van der Waals surface area contributed by atoms with Gasteiger partial charge in [-0.05, 0) is 37.1 Å². The number of rotatable bonds is 10. The van der Waals surface area contributed by atoms with Crippen LogP contribution in [0, 0.1) is 0 Å². The van der Waals surface area contributed by atoms with Gasteiger partial charge < -0.3 is 23.8 Å². The largest absolute Gasteiger partial charge is 0.493 e. The van der Waals surface area contributed by atoms with Gasteiger partial charge in [-0.25, -0.2) is 4.79 Å². The third-order valence-electron chi connectivity index (χ3n) is 6.82. The Morgan fingerprint density at radius 3 is 2.39 bits per heavy atom. The summed E-state index contributed by atoms with van der Waals surface area (Å²) < 4.78 is 23.5. The van der Waals surface area contributed by atoms with Crippen LogP contribution in [0.2, 0.25) is 0 Å². The number of nitrogens with zero attached hydrogens (tertiary/aromatic N) is 2. The molecular formula is C33H36N2O6. The molecule has 1 aliphatic rings. The Morgan fingerprint density at radius 1 is 1.05 bits per heavy atom. The summed E-state index contributed by atoms with van der Waals surface area (Å²) in [6.45, 7) is 4.27. The summed E-state index contributed by atoms with van der Waals surface area (Å²) in [6.07, 6.45) is 2.67. The second-order valence-electron chi connectivity index (χ2n) is 9.42. The fourth-order valence-corrected chi connectivity index (χ4v) is 4.81. The van der Waals surface area contributed by atoms with E-state index in [1.807, 2.05) is 79.7 Å². The molecule has 0 bridgehead atoms. The van der Waals surface area contributed by atoms with Crippen molar-refractivity contribution in [2.24, 2.45) is 4.99 Å². The molecule has 214 valence electrons. The number of aliphatic imine (C=N–C) groups is 1. The summed E-state index contributed by atoms with van der Waals surface area (Å²) >= 11 is 0. The minimum atomic E-state index is -1.02. The number of fused-ring (bicyclic) bond motifs is 1. The molecule has 3 aromatic rings. The number of carbonyl (C=O) groups excluding carboxylic acids is 2. The first-order chi connectivity index (χ1) is 20.0. The van der Waals surface area contributed by atoms with Crippen LogP contribution in [-0.2, 0) is 38.6 Å². The molecular weight excluding hydrogens is 520 g/mol. The van der Waals surface area contributed by atoms with Gasteiger partial charge in [-0.1, -0.05) is 72.8 Å². The molecule has 0 unspecified atom stereocenters. The van der Waals surface area contributed by atoms with Crippen LogP contribution in [0.25, 0.3) is 0 Å². The van der Waals surface area contributed by atoms with Crippen molar-refractivity contribution >= 4 is 17.8 Å². The first-order valence-electron chi connectivity index (χ1n) is 13.6. The van der Waals surface area contributed by atoms with E-state index >= 15 is 0 Å². The minimum absolute atomic E-state index is 0.165. The Morgan fingerprint density at radius 2 is 1.76 bits per heavy atom. The van der Waals surface area contributed by atoms with Gasteiger partial charge in [-0.3, -0.25) is 9.79 Å². The van der Waals surface area contributed by atoms with Crippen molar-refractivity contribution in [3.8, 4) is 11.5 Å². The van der Waals surface area contributed by atoms with Gasteiger partial charge in [-0.15, -0.1) is 0 Å². The van der Waals surface area contributed by atoms with Gasteiger partial charge in [0.25, 0.3) is 5.91 Å². The molecule has 0 saturated carbocycles. The summed E-state index contributed by atoms with van der Waals surface area (Å²) in [4.78, 5) is 33.3. The van der Waals surface area contributed by atoms with E-state index in [9.17, 15) is 9.59 Å². The van der Waals surface area contributed by atoms with E-state index < -0.39 is 18.1 Å². The van der Waals surface area contributed by atoms with E-state index in [1.54, 1.807) is 33.2 Å². The normalized spacial score (nSPS) is 15.7. The van der Waals surface area contributed by atoms with Crippen LogP contribution in [-0.4, -0.2) is 49.5 Å². The maximum absolute atomic E-state index is 14.3. The fourth-order valence-electron chi connectivity index (χ4n) is 4.81. The average Bonchev–Trinajstić information content (AvgIpc) is 3.01. The number of hydrogen-bond acceptors (Lipinski definition) is 7. The second kappa shape index (κ2) is 14.2. The monoisotopic (exact) mass is 556 g/mol. The van der Waals surface area contributed by atoms with Crippen LogP contribution in [0.5, 0.6) is 11.5 Å². The Kier molecular flexibility index (Phi) is 10.2. The number of ether oxygens (including phenoxy) is 4. The molecule has 1 amide bonds. The van der Waals surface area contributed by atoms with Crippen molar-refractivity contribution in [3.63, 3.8) is 0 Å². The molecule has 8 heteroatoms. The highest BCUT2D eigenvalue weighted by molar-refractivity contribution is 5.93. The highest BCUT2D eigenvalue weighted by Crippen LogP contribution is 2.40. The van der Waals surface area contributed by atoms with Crippen LogP contribution in [0.4, 0.5) is 0 Å². The number of esters is 1. The summed E-state index contributed by atoms with van der Waals surface area (Å²) in [5, 5.41) is 0. The van der Waals surface area contributed by atoms with Gasteiger partial charge in [0.15, 0.2) is 11.5 Å². The van der Waals surface area contributed by atoms with Crippen molar-refractivity contribution in [1.82, 2.24) is 4.90 Å². The third-order valence-corrected chi connectivity index (χ3v) is 6.82. The lowest BCUT2D eigenvalue weighted by Crippen LogP contribution is -2.51. The van der Waals surface area contributed by atoms with Crippen LogP contribution in [0.15, 0.2) is 89.9 Å². The van der Waals surface area contributed by atoms with Gasteiger partial charge in [0, 0.05) is 31.1 Å². The van der Waals surface area contributed by atoms with Crippen molar-refractivity contribution in [3.05, 3.63) is 107 Å². The summed E-state index contributed by atoms with van der Waals surface area (Å²) in [7, 11) is 3.18. The molecule has 0 fully saturated rings. The number of methoxy groups -OCH3 is 1. The topological polar surface area (TPSA) is 86.7 Å². The zero-order chi connectivity index (χ0) is 29.2. The Hall–Kier alpha value is -4.59. The lowest BCUT2D eigenvalue weighted by atomic mass is 9.91. The molecule has 0 spiro atoms. The predicted molar refractivity (Wildman–Crippen MR) is 157 cm³/mol. The number of hydrogen-bond donors (Lipinski definition) is 0. The molecule has 41 heavy (non-hydrogen) atoms. The summed E-state index contributed by atoms with van der Waals surface area (Å²) in [5.41, 5.74) is 3.31. The molecule has 1 heterocycles. The van der Waals surface area contributed by atoms with E-state index in [4.69, 9.17) is 18.9 Å². The number of allylic oxidation sites excluding steroid dienone is 1. The van der Waals surface area contributed by atoms with E-state index in [1.165, 1.54) is 4.90 Å². The lowest BCUT2D eigenvalue weighted by Gasteiger charge is -2.38. The molecule has 2 atom stereocenters. The van der Waals surface area contributed by atoms with Crippen molar-refractivity contribution in [1.29, 1.82) is 0 Å². The summed E-state index contributed by atoms with van der Waals surface area (Å²) in [6, 6.07) is 21.9. The highest BCUT2D eigenvalue weighted by Gasteiger charge is 2.41. The van der Waals surface area contributed by atoms with Crippen LogP contribution in [0.1, 0.15) is 42.2 Å². The molecule has 0 aliphatic carbocycles. The molecule has 0 aromatic heterocycles. The minimum Gasteiger partial charge on any atom is -0.493 e. The van der Waals surface area contributed by atoms with Crippen LogP contribution < -0.4 is 9.47 Å². The molecule has 0 radical (unpaired) electrons. The number of amides is 1. The quantitative estimate of drug-likeness (QED) is 0.187. The van der Waals surface area contributed by atoms with Crippen molar-refractivity contribution < 1.29 is 28.5 Å². The molecule has 0 saturated heterocycles. The highest BCUT2D eigenvalue weighted by atomic mass is 16.5. The maximum atomic E-state index is 14.3. The maximum Gasteiger partial charge on any atom is 0.329 e. The molecule has 0 N–H and O–H groups in total. The Balaban J connectivity index is 1.73. The van der Waals surface area contributed by atoms with Crippen LogP contribution in [0.3, 0.4) is 0 Å². The van der Waals surface area contributed by atoms with Crippen LogP contribution >= 0.6 is 0 Å². The zero-order valence-electron chi connectivity index (χ0n) is 23.9. The predicted octanol–water partition coefficient (Wildman–Crippen LogP) is 5.45. The molecule has 1 aliphatic heterocycles.